The van der Waals surface area contributed by atoms with E-state index < -0.39 is 17.4 Å². The van der Waals surface area contributed by atoms with Gasteiger partial charge in [-0.25, -0.2) is 0 Å². The number of carboxylic acids is 1. The monoisotopic (exact) mass is 319 g/mol. The fourth-order valence-electron chi connectivity index (χ4n) is 3.23. The van der Waals surface area contributed by atoms with Crippen LogP contribution in [0.2, 0.25) is 0 Å². The first-order valence-corrected chi connectivity index (χ1v) is 8.17. The quantitative estimate of drug-likeness (QED) is 0.757. The molecule has 0 bridgehead atoms. The van der Waals surface area contributed by atoms with Crippen LogP contribution in [-0.4, -0.2) is 35.7 Å². The predicted octanol–water partition coefficient (Wildman–Crippen LogP) is 2.40. The number of ether oxygens (including phenoxy) is 1. The highest BCUT2D eigenvalue weighted by Gasteiger charge is 2.42. The highest BCUT2D eigenvalue weighted by atomic mass is 16.5. The number of carbonyl (C=O) groups is 2. The van der Waals surface area contributed by atoms with Gasteiger partial charge in [-0.05, 0) is 31.7 Å². The molecule has 1 fully saturated rings. The summed E-state index contributed by atoms with van der Waals surface area (Å²) >= 11 is 0. The fraction of sp³-hybridized carbons (Fsp3) is 0.556. The molecular formula is C18H25NO4. The molecule has 23 heavy (non-hydrogen) atoms. The van der Waals surface area contributed by atoms with Gasteiger partial charge in [-0.15, -0.1) is 0 Å². The molecule has 1 saturated carbocycles. The van der Waals surface area contributed by atoms with Gasteiger partial charge < -0.3 is 15.2 Å². The summed E-state index contributed by atoms with van der Waals surface area (Å²) in [4.78, 5) is 23.5. The second-order valence-electron chi connectivity index (χ2n) is 6.39. The Balaban J connectivity index is 1.76. The molecule has 0 aromatic heterocycles. The number of amides is 1. The molecule has 2 atom stereocenters. The number of benzene rings is 1. The van der Waals surface area contributed by atoms with Crippen LogP contribution in [0.5, 0.6) is 0 Å². The minimum Gasteiger partial charge on any atom is -0.481 e. The van der Waals surface area contributed by atoms with Crippen molar-refractivity contribution in [2.24, 2.45) is 5.92 Å². The maximum atomic E-state index is 12.1. The number of hydrogen-bond donors (Lipinski definition) is 2. The van der Waals surface area contributed by atoms with Crippen molar-refractivity contribution in [1.29, 1.82) is 0 Å². The Morgan fingerprint density at radius 2 is 2.04 bits per heavy atom. The summed E-state index contributed by atoms with van der Waals surface area (Å²) in [5, 5.41) is 12.2. The van der Waals surface area contributed by atoms with E-state index in [1.807, 2.05) is 37.3 Å². The average molecular weight is 319 g/mol. The lowest BCUT2D eigenvalue weighted by Crippen LogP contribution is -2.56. The largest absolute Gasteiger partial charge is 0.481 e. The lowest BCUT2D eigenvalue weighted by molar-refractivity contribution is -0.147. The molecule has 5 heteroatoms. The molecule has 0 spiro atoms. The van der Waals surface area contributed by atoms with Crippen LogP contribution >= 0.6 is 0 Å². The first-order valence-electron chi connectivity index (χ1n) is 8.17. The number of carbonyl (C=O) groups excluding carboxylic acids is 1. The van der Waals surface area contributed by atoms with Gasteiger partial charge in [0.1, 0.15) is 6.61 Å². The topological polar surface area (TPSA) is 75.6 Å². The maximum Gasteiger partial charge on any atom is 0.308 e. The molecule has 1 aromatic rings. The van der Waals surface area contributed by atoms with Crippen LogP contribution in [0.25, 0.3) is 0 Å². The molecule has 126 valence electrons. The Morgan fingerprint density at radius 3 is 2.74 bits per heavy atom. The van der Waals surface area contributed by atoms with Crippen molar-refractivity contribution < 1.29 is 19.4 Å². The van der Waals surface area contributed by atoms with E-state index in [4.69, 9.17) is 4.74 Å². The molecular weight excluding hydrogens is 294 g/mol. The number of rotatable bonds is 7. The summed E-state index contributed by atoms with van der Waals surface area (Å²) < 4.78 is 5.42. The third-order valence-electron chi connectivity index (χ3n) is 4.54. The van der Waals surface area contributed by atoms with E-state index in [-0.39, 0.29) is 12.5 Å². The van der Waals surface area contributed by atoms with Gasteiger partial charge in [0.15, 0.2) is 0 Å². The third kappa shape index (κ3) is 5.06. The first kappa shape index (κ1) is 17.5. The lowest BCUT2D eigenvalue weighted by Gasteiger charge is -2.39. The van der Waals surface area contributed by atoms with Crippen LogP contribution in [-0.2, 0) is 20.7 Å². The van der Waals surface area contributed by atoms with Crippen molar-refractivity contribution >= 4 is 11.9 Å². The summed E-state index contributed by atoms with van der Waals surface area (Å²) in [6, 6.07) is 9.94. The van der Waals surface area contributed by atoms with Crippen molar-refractivity contribution in [2.75, 3.05) is 13.2 Å². The molecule has 1 aliphatic carbocycles. The minimum atomic E-state index is -0.836. The van der Waals surface area contributed by atoms with Gasteiger partial charge in [0, 0.05) is 0 Å². The Bertz CT molecular complexity index is 531. The normalized spacial score (nSPS) is 24.1. The van der Waals surface area contributed by atoms with Crippen molar-refractivity contribution in [3.05, 3.63) is 35.9 Å². The summed E-state index contributed by atoms with van der Waals surface area (Å²) in [5.74, 6) is -1.60. The van der Waals surface area contributed by atoms with Crippen molar-refractivity contribution in [3.63, 3.8) is 0 Å². The van der Waals surface area contributed by atoms with Crippen molar-refractivity contribution in [1.82, 2.24) is 5.32 Å². The van der Waals surface area contributed by atoms with E-state index in [0.29, 0.717) is 19.4 Å². The maximum absolute atomic E-state index is 12.1. The second-order valence-corrected chi connectivity index (χ2v) is 6.39. The number of nitrogens with one attached hydrogen (secondary N) is 1. The van der Waals surface area contributed by atoms with Crippen LogP contribution < -0.4 is 5.32 Å². The summed E-state index contributed by atoms with van der Waals surface area (Å²) in [6.45, 7) is 2.26. The zero-order valence-corrected chi connectivity index (χ0v) is 13.6. The second kappa shape index (κ2) is 8.11. The van der Waals surface area contributed by atoms with Gasteiger partial charge >= 0.3 is 5.97 Å². The Morgan fingerprint density at radius 1 is 1.30 bits per heavy atom. The molecule has 1 aromatic carbocycles. The minimum absolute atomic E-state index is 0.0330. The number of carboxylic acid groups (broad SMARTS) is 1. The smallest absolute Gasteiger partial charge is 0.308 e. The molecule has 0 saturated heterocycles. The van der Waals surface area contributed by atoms with E-state index >= 15 is 0 Å². The summed E-state index contributed by atoms with van der Waals surface area (Å²) in [6.07, 6.45) is 3.90. The summed E-state index contributed by atoms with van der Waals surface area (Å²) in [7, 11) is 0. The SMILES string of the molecule is CC1(NC(=O)COCCc2ccccc2)CCCCC1C(=O)O. The molecule has 0 heterocycles. The molecule has 2 unspecified atom stereocenters. The zero-order valence-electron chi connectivity index (χ0n) is 13.6. The predicted molar refractivity (Wildman–Crippen MR) is 87.1 cm³/mol. The average Bonchev–Trinajstić information content (AvgIpc) is 2.52. The Kier molecular flexibility index (Phi) is 6.16. The number of aliphatic carboxylic acids is 1. The third-order valence-corrected chi connectivity index (χ3v) is 4.54. The summed E-state index contributed by atoms with van der Waals surface area (Å²) in [5.41, 5.74) is 0.488. The van der Waals surface area contributed by atoms with E-state index in [1.54, 1.807) is 0 Å². The van der Waals surface area contributed by atoms with Gasteiger partial charge in [-0.2, -0.15) is 0 Å². The molecule has 1 aliphatic rings. The highest BCUT2D eigenvalue weighted by Crippen LogP contribution is 2.33. The van der Waals surface area contributed by atoms with E-state index in [2.05, 4.69) is 5.32 Å². The molecule has 0 aliphatic heterocycles. The zero-order chi connectivity index (χ0) is 16.7. The standard InChI is InChI=1S/C18H25NO4/c1-18(11-6-5-9-15(18)17(21)22)19-16(20)13-23-12-10-14-7-3-2-4-8-14/h2-4,7-8,15H,5-6,9-13H2,1H3,(H,19,20)(H,21,22). The highest BCUT2D eigenvalue weighted by molar-refractivity contribution is 5.80. The van der Waals surface area contributed by atoms with Gasteiger partial charge in [0.2, 0.25) is 5.91 Å². The van der Waals surface area contributed by atoms with Gasteiger partial charge in [-0.1, -0.05) is 43.2 Å². The molecule has 2 rings (SSSR count). The molecule has 1 amide bonds. The van der Waals surface area contributed by atoms with Crippen LogP contribution in [0, 0.1) is 5.92 Å². The van der Waals surface area contributed by atoms with E-state index in [0.717, 1.165) is 24.8 Å². The van der Waals surface area contributed by atoms with E-state index in [9.17, 15) is 14.7 Å². The van der Waals surface area contributed by atoms with Gasteiger partial charge in [0.05, 0.1) is 18.1 Å². The Labute approximate surface area is 137 Å². The van der Waals surface area contributed by atoms with E-state index in [1.165, 1.54) is 0 Å². The van der Waals surface area contributed by atoms with Crippen LogP contribution in [0.4, 0.5) is 0 Å². The number of hydrogen-bond acceptors (Lipinski definition) is 3. The van der Waals surface area contributed by atoms with Gasteiger partial charge in [0.25, 0.3) is 0 Å². The van der Waals surface area contributed by atoms with Gasteiger partial charge in [-0.3, -0.25) is 9.59 Å². The molecule has 0 radical (unpaired) electrons. The fourth-order valence-corrected chi connectivity index (χ4v) is 3.23. The first-order chi connectivity index (χ1) is 11.0. The van der Waals surface area contributed by atoms with Crippen LogP contribution in [0.15, 0.2) is 30.3 Å². The van der Waals surface area contributed by atoms with Crippen molar-refractivity contribution in [2.45, 2.75) is 44.6 Å². The molecule has 5 nitrogen and oxygen atoms in total. The van der Waals surface area contributed by atoms with Crippen LogP contribution in [0.3, 0.4) is 0 Å². The van der Waals surface area contributed by atoms with Crippen LogP contribution in [0.1, 0.15) is 38.2 Å². The Hall–Kier alpha value is -1.88. The lowest BCUT2D eigenvalue weighted by atomic mass is 9.74. The molecule has 2 N–H and O–H groups in total. The van der Waals surface area contributed by atoms with Crippen molar-refractivity contribution in [3.8, 4) is 0 Å².